The van der Waals surface area contributed by atoms with Crippen LogP contribution in [0, 0.1) is 0 Å². The average molecular weight is 171 g/mol. The molecular formula is C7H10NO2P. The SMILES string of the molecule is NC(c1ccccc1)P(O)O. The summed E-state index contributed by atoms with van der Waals surface area (Å²) >= 11 is 0. The second-order valence-corrected chi connectivity index (χ2v) is 3.37. The molecule has 60 valence electrons. The van der Waals surface area contributed by atoms with Gasteiger partial charge in [-0.3, -0.25) is 0 Å². The molecule has 1 aromatic carbocycles. The molecule has 0 aliphatic carbocycles. The Bertz CT molecular complexity index is 215. The summed E-state index contributed by atoms with van der Waals surface area (Å²) in [6, 6.07) is 9.02. The van der Waals surface area contributed by atoms with Crippen LogP contribution in [0.4, 0.5) is 0 Å². The van der Waals surface area contributed by atoms with E-state index < -0.39 is 14.2 Å². The first-order valence-corrected chi connectivity index (χ1v) is 4.51. The topological polar surface area (TPSA) is 66.5 Å². The van der Waals surface area contributed by atoms with E-state index in [-0.39, 0.29) is 0 Å². The fourth-order valence-corrected chi connectivity index (χ4v) is 1.22. The highest BCUT2D eigenvalue weighted by atomic mass is 31.2. The van der Waals surface area contributed by atoms with Crippen molar-refractivity contribution < 1.29 is 9.79 Å². The second-order valence-electron chi connectivity index (χ2n) is 2.18. The lowest BCUT2D eigenvalue weighted by atomic mass is 10.2. The van der Waals surface area contributed by atoms with Gasteiger partial charge in [0.25, 0.3) is 0 Å². The number of benzene rings is 1. The average Bonchev–Trinajstić information content (AvgIpc) is 2.05. The largest absolute Gasteiger partial charge is 0.349 e. The molecule has 0 saturated carbocycles. The van der Waals surface area contributed by atoms with Crippen LogP contribution in [0.15, 0.2) is 30.3 Å². The van der Waals surface area contributed by atoms with Crippen molar-refractivity contribution >= 4 is 8.38 Å². The first kappa shape index (κ1) is 8.62. The standard InChI is InChI=1S/C7H10NO2P/c8-7(11(9)10)6-4-2-1-3-5-6/h1-5,7,9-10H,8H2. The van der Waals surface area contributed by atoms with Gasteiger partial charge in [0, 0.05) is 0 Å². The van der Waals surface area contributed by atoms with E-state index in [0.29, 0.717) is 0 Å². The zero-order valence-electron chi connectivity index (χ0n) is 5.88. The summed E-state index contributed by atoms with van der Waals surface area (Å²) in [5.41, 5.74) is 6.22. The van der Waals surface area contributed by atoms with Gasteiger partial charge >= 0.3 is 0 Å². The van der Waals surface area contributed by atoms with Gasteiger partial charge in [0.05, 0.1) is 0 Å². The first-order chi connectivity index (χ1) is 5.22. The van der Waals surface area contributed by atoms with Gasteiger partial charge in [0.15, 0.2) is 8.38 Å². The van der Waals surface area contributed by atoms with E-state index in [9.17, 15) is 0 Å². The third-order valence-electron chi connectivity index (χ3n) is 1.39. The highest BCUT2D eigenvalue weighted by Crippen LogP contribution is 2.38. The quantitative estimate of drug-likeness (QED) is 0.580. The molecule has 4 N–H and O–H groups in total. The molecule has 1 atom stereocenters. The lowest BCUT2D eigenvalue weighted by Gasteiger charge is -2.11. The molecule has 0 aromatic heterocycles. The van der Waals surface area contributed by atoms with E-state index in [0.717, 1.165) is 5.56 Å². The highest BCUT2D eigenvalue weighted by molar-refractivity contribution is 7.45. The van der Waals surface area contributed by atoms with E-state index in [2.05, 4.69) is 0 Å². The van der Waals surface area contributed by atoms with Crippen LogP contribution in [-0.2, 0) is 0 Å². The minimum Gasteiger partial charge on any atom is -0.349 e. The Kier molecular flexibility index (Phi) is 2.97. The maximum Gasteiger partial charge on any atom is 0.187 e. The summed E-state index contributed by atoms with van der Waals surface area (Å²) < 4.78 is 0. The number of nitrogens with two attached hydrogens (primary N) is 1. The lowest BCUT2D eigenvalue weighted by molar-refractivity contribution is 0.467. The first-order valence-electron chi connectivity index (χ1n) is 3.19. The van der Waals surface area contributed by atoms with Gasteiger partial charge in [-0.05, 0) is 5.56 Å². The van der Waals surface area contributed by atoms with Crippen LogP contribution < -0.4 is 5.73 Å². The lowest BCUT2D eigenvalue weighted by Crippen LogP contribution is -2.07. The minimum atomic E-state index is -2.06. The van der Waals surface area contributed by atoms with Crippen molar-refractivity contribution in [3.63, 3.8) is 0 Å². The van der Waals surface area contributed by atoms with Crippen LogP contribution in [0.1, 0.15) is 11.3 Å². The Hall–Kier alpha value is -0.470. The monoisotopic (exact) mass is 171 g/mol. The van der Waals surface area contributed by atoms with Crippen molar-refractivity contribution in [3.8, 4) is 0 Å². The molecule has 0 saturated heterocycles. The molecule has 0 radical (unpaired) electrons. The van der Waals surface area contributed by atoms with Gasteiger partial charge in [-0.15, -0.1) is 0 Å². The fourth-order valence-electron chi connectivity index (χ4n) is 0.784. The Balaban J connectivity index is 2.77. The molecule has 1 rings (SSSR count). The van der Waals surface area contributed by atoms with Crippen LogP contribution >= 0.6 is 8.38 Å². The molecule has 0 bridgehead atoms. The van der Waals surface area contributed by atoms with Crippen molar-refractivity contribution in [1.29, 1.82) is 0 Å². The molecule has 1 unspecified atom stereocenters. The molecule has 0 fully saturated rings. The number of hydrogen-bond acceptors (Lipinski definition) is 3. The number of hydrogen-bond donors (Lipinski definition) is 3. The summed E-state index contributed by atoms with van der Waals surface area (Å²) in [4.78, 5) is 17.5. The third kappa shape index (κ3) is 2.24. The van der Waals surface area contributed by atoms with Crippen molar-refractivity contribution in [2.45, 2.75) is 5.78 Å². The van der Waals surface area contributed by atoms with Crippen LogP contribution in [-0.4, -0.2) is 9.79 Å². The Labute approximate surface area is 66.4 Å². The minimum absolute atomic E-state index is 0.647. The molecular weight excluding hydrogens is 161 g/mol. The van der Waals surface area contributed by atoms with E-state index in [1.165, 1.54) is 0 Å². The van der Waals surface area contributed by atoms with E-state index in [4.69, 9.17) is 15.5 Å². The normalized spacial score (nSPS) is 13.5. The molecule has 1 aromatic rings. The maximum absolute atomic E-state index is 8.77. The smallest absolute Gasteiger partial charge is 0.187 e. The maximum atomic E-state index is 8.77. The fraction of sp³-hybridized carbons (Fsp3) is 0.143. The van der Waals surface area contributed by atoms with Crippen molar-refractivity contribution in [3.05, 3.63) is 35.9 Å². The molecule has 0 amide bonds. The molecule has 0 spiro atoms. The summed E-state index contributed by atoms with van der Waals surface area (Å²) in [5, 5.41) is 0. The van der Waals surface area contributed by atoms with Crippen LogP contribution in [0.2, 0.25) is 0 Å². The van der Waals surface area contributed by atoms with E-state index in [1.807, 2.05) is 18.2 Å². The number of rotatable bonds is 2. The zero-order chi connectivity index (χ0) is 8.27. The highest BCUT2D eigenvalue weighted by Gasteiger charge is 2.13. The van der Waals surface area contributed by atoms with E-state index in [1.54, 1.807) is 12.1 Å². The van der Waals surface area contributed by atoms with Gasteiger partial charge in [0.1, 0.15) is 5.78 Å². The predicted octanol–water partition coefficient (Wildman–Crippen LogP) is 0.940. The Morgan fingerprint density at radius 1 is 1.18 bits per heavy atom. The zero-order valence-corrected chi connectivity index (χ0v) is 6.78. The van der Waals surface area contributed by atoms with Crippen molar-refractivity contribution in [1.82, 2.24) is 0 Å². The molecule has 3 nitrogen and oxygen atoms in total. The van der Waals surface area contributed by atoms with Crippen LogP contribution in [0.5, 0.6) is 0 Å². The molecule has 4 heteroatoms. The van der Waals surface area contributed by atoms with Gasteiger partial charge in [-0.25, -0.2) is 0 Å². The third-order valence-corrected chi connectivity index (χ3v) is 2.19. The van der Waals surface area contributed by atoms with Crippen molar-refractivity contribution in [2.24, 2.45) is 5.73 Å². The van der Waals surface area contributed by atoms with E-state index >= 15 is 0 Å². The van der Waals surface area contributed by atoms with Crippen molar-refractivity contribution in [2.75, 3.05) is 0 Å². The molecule has 0 aliphatic heterocycles. The van der Waals surface area contributed by atoms with Gasteiger partial charge < -0.3 is 15.5 Å². The summed E-state index contributed by atoms with van der Waals surface area (Å²) in [6.07, 6.45) is 0. The van der Waals surface area contributed by atoms with Crippen LogP contribution in [0.3, 0.4) is 0 Å². The summed E-state index contributed by atoms with van der Waals surface area (Å²) in [5.74, 6) is -0.647. The summed E-state index contributed by atoms with van der Waals surface area (Å²) in [6.45, 7) is 0. The second kappa shape index (κ2) is 3.79. The van der Waals surface area contributed by atoms with Gasteiger partial charge in [0.2, 0.25) is 0 Å². The molecule has 0 aliphatic rings. The Morgan fingerprint density at radius 3 is 2.18 bits per heavy atom. The summed E-state index contributed by atoms with van der Waals surface area (Å²) in [7, 11) is -2.06. The molecule has 11 heavy (non-hydrogen) atoms. The molecule has 0 heterocycles. The Morgan fingerprint density at radius 2 is 1.73 bits per heavy atom. The van der Waals surface area contributed by atoms with Gasteiger partial charge in [-0.1, -0.05) is 30.3 Å². The van der Waals surface area contributed by atoms with Gasteiger partial charge in [-0.2, -0.15) is 0 Å². The predicted molar refractivity (Wildman–Crippen MR) is 44.7 cm³/mol. The van der Waals surface area contributed by atoms with Crippen LogP contribution in [0.25, 0.3) is 0 Å².